The molecule has 7 aliphatic rings. The van der Waals surface area contributed by atoms with Gasteiger partial charge in [0.2, 0.25) is 0 Å². The Bertz CT molecular complexity index is 2170. The summed E-state index contributed by atoms with van der Waals surface area (Å²) in [4.78, 5) is 14.4. The summed E-state index contributed by atoms with van der Waals surface area (Å²) in [7, 11) is -1.09. The molecule has 2 N–H and O–H groups in total. The number of ether oxygens (including phenoxy) is 10. The van der Waals surface area contributed by atoms with Crippen LogP contribution in [0.2, 0.25) is 0 Å². The van der Waals surface area contributed by atoms with Gasteiger partial charge in [0.15, 0.2) is 18.4 Å². The Morgan fingerprint density at radius 3 is 2.21 bits per heavy atom. The van der Waals surface area contributed by atoms with Gasteiger partial charge in [-0.15, -0.1) is 13.2 Å². The zero-order valence-corrected chi connectivity index (χ0v) is 44.6. The van der Waals surface area contributed by atoms with Gasteiger partial charge in [0.05, 0.1) is 49.3 Å². The molecule has 18 heteroatoms. The number of aliphatic hydroxyl groups is 2. The van der Waals surface area contributed by atoms with Crippen LogP contribution in [0.4, 0.5) is 0 Å². The molecule has 404 valence electrons. The van der Waals surface area contributed by atoms with E-state index >= 15 is 0 Å². The zero-order chi connectivity index (χ0) is 52.3. The van der Waals surface area contributed by atoms with Crippen LogP contribution >= 0.6 is 0 Å². The number of allylic oxidation sites excluding steroid dienone is 2. The molecular formula is C54H81NO16S. The van der Waals surface area contributed by atoms with Crippen LogP contribution in [0.5, 0.6) is 0 Å². The van der Waals surface area contributed by atoms with Crippen LogP contribution in [0, 0.1) is 23.7 Å². The first-order chi connectivity index (χ1) is 34.2. The van der Waals surface area contributed by atoms with E-state index in [1.165, 1.54) is 19.3 Å². The Kier molecular flexibility index (Phi) is 18.9. The molecule has 1 aliphatic carbocycles. The fourth-order valence-corrected chi connectivity index (χ4v) is 12.7. The van der Waals surface area contributed by atoms with E-state index in [1.54, 1.807) is 33.1 Å². The molecule has 72 heavy (non-hydrogen) atoms. The summed E-state index contributed by atoms with van der Waals surface area (Å²) in [6.45, 7) is 23.3. The van der Waals surface area contributed by atoms with E-state index in [-0.39, 0.29) is 56.4 Å². The standard InChI is InChI=1S/C54H81NO16S/c1-13-23-55(24-14-2)72(59,60)71-50-37(10)65-45(28-43(50)62-12)68-49-36(9)64-44(27-42(49)61-11)67-47-32(5)17-16-18-38-30-63-51-46(56)35(8)25-41(54(38,51)58)52(57)66-40-26-39(20-19-33(47)6)69-53(29-40)22-21-34(7)48(70-53)31(4)15-3/h13-14,16-19,21-22,25,31-32,34,36-37,39-51,56,58H,1-2,15,20,23-24,26-30H2,3-12H3/b17-16+,33-19+,38-18+/t31?,32-,34-,36-,37-,39+,40-,41-,42-,43-,44-,45-,46+,47-,48+,49-,50-,51+,53+,54+/m0/s1. The van der Waals surface area contributed by atoms with Crippen molar-refractivity contribution in [3.63, 3.8) is 0 Å². The molecule has 0 aromatic rings. The summed E-state index contributed by atoms with van der Waals surface area (Å²) in [6, 6.07) is 0. The summed E-state index contributed by atoms with van der Waals surface area (Å²) in [5.74, 6) is -2.74. The van der Waals surface area contributed by atoms with Gasteiger partial charge in [-0.1, -0.05) is 82.7 Å². The third-order valence-corrected chi connectivity index (χ3v) is 17.1. The van der Waals surface area contributed by atoms with Crippen LogP contribution in [0.1, 0.15) is 93.9 Å². The van der Waals surface area contributed by atoms with Gasteiger partial charge in [0.1, 0.15) is 42.0 Å². The third-order valence-electron chi connectivity index (χ3n) is 15.7. The number of methoxy groups -OCH3 is 2. The Morgan fingerprint density at radius 2 is 1.56 bits per heavy atom. The molecule has 2 bridgehead atoms. The van der Waals surface area contributed by atoms with E-state index in [0.717, 1.165) is 16.3 Å². The van der Waals surface area contributed by atoms with Gasteiger partial charge in [-0.3, -0.25) is 4.79 Å². The van der Waals surface area contributed by atoms with Crippen molar-refractivity contribution < 1.29 is 75.0 Å². The van der Waals surface area contributed by atoms with Crippen LogP contribution in [0.15, 0.2) is 84.6 Å². The first kappa shape index (κ1) is 56.8. The van der Waals surface area contributed by atoms with E-state index in [1.807, 2.05) is 39.0 Å². The maximum Gasteiger partial charge on any atom is 0.339 e. The van der Waals surface area contributed by atoms with Gasteiger partial charge in [0, 0.05) is 64.8 Å². The molecular weight excluding hydrogens is 951 g/mol. The highest BCUT2D eigenvalue weighted by atomic mass is 32.2. The number of fused-ring (bicyclic) bond motifs is 2. The summed E-state index contributed by atoms with van der Waals surface area (Å²) in [5.41, 5.74) is 0.0176. The minimum atomic E-state index is -4.19. The first-order valence-corrected chi connectivity index (χ1v) is 27.2. The smallest absolute Gasteiger partial charge is 0.339 e. The lowest BCUT2D eigenvalue weighted by molar-refractivity contribution is -0.317. The minimum Gasteiger partial charge on any atom is -0.462 e. The normalized spacial score (nSPS) is 44.2. The molecule has 20 atom stereocenters. The van der Waals surface area contributed by atoms with E-state index in [9.17, 15) is 23.4 Å². The molecule has 0 aromatic heterocycles. The van der Waals surface area contributed by atoms with Crippen molar-refractivity contribution in [1.29, 1.82) is 0 Å². The van der Waals surface area contributed by atoms with Crippen molar-refractivity contribution in [2.45, 2.75) is 191 Å². The third kappa shape index (κ3) is 12.2. The average Bonchev–Trinajstić information content (AvgIpc) is 3.68. The molecule has 6 aliphatic heterocycles. The molecule has 0 aromatic carbocycles. The number of carbonyl (C=O) groups is 1. The van der Waals surface area contributed by atoms with Crippen LogP contribution in [0.3, 0.4) is 0 Å². The molecule has 4 saturated heterocycles. The van der Waals surface area contributed by atoms with Crippen molar-refractivity contribution in [3.8, 4) is 0 Å². The van der Waals surface area contributed by atoms with Crippen molar-refractivity contribution in [2.75, 3.05) is 33.9 Å². The van der Waals surface area contributed by atoms with Crippen LogP contribution in [0.25, 0.3) is 0 Å². The van der Waals surface area contributed by atoms with Gasteiger partial charge in [-0.2, -0.15) is 12.7 Å². The molecule has 4 fully saturated rings. The maximum absolute atomic E-state index is 14.4. The van der Waals surface area contributed by atoms with E-state index in [4.69, 9.17) is 51.6 Å². The quantitative estimate of drug-likeness (QED) is 0.136. The Labute approximate surface area is 427 Å². The number of hydrogen-bond acceptors (Lipinski definition) is 16. The summed E-state index contributed by atoms with van der Waals surface area (Å²) in [6.07, 6.45) is 9.44. The summed E-state index contributed by atoms with van der Waals surface area (Å²) in [5, 5.41) is 23.8. The lowest BCUT2D eigenvalue weighted by Crippen LogP contribution is -2.58. The topological polar surface area (TPSA) is 196 Å². The lowest BCUT2D eigenvalue weighted by Gasteiger charge is -2.48. The molecule has 17 nitrogen and oxygen atoms in total. The zero-order valence-electron chi connectivity index (χ0n) is 43.8. The number of rotatable bonds is 15. The number of hydrogen-bond donors (Lipinski definition) is 2. The van der Waals surface area contributed by atoms with Gasteiger partial charge in [0.25, 0.3) is 0 Å². The summed E-state index contributed by atoms with van der Waals surface area (Å²) < 4.78 is 97.9. The van der Waals surface area contributed by atoms with Crippen LogP contribution in [-0.2, 0) is 66.7 Å². The number of nitrogens with zero attached hydrogens (tertiary/aromatic N) is 1. The van der Waals surface area contributed by atoms with Crippen molar-refractivity contribution in [1.82, 2.24) is 4.31 Å². The number of carbonyl (C=O) groups excluding carboxylic acids is 1. The predicted octanol–water partition coefficient (Wildman–Crippen LogP) is 6.32. The SMILES string of the molecule is C=CCN(CC=C)S(=O)(=O)O[C@H]1[C@H](C)O[C@@H](O[C@H]2[C@H](C)O[C@@H](O[C@@H]3/C(C)=C/C[C@@H]4C[C@@H](C[C@]5(C=C[C@H](C)[C@@H](C(C)CC)O5)O4)OC(=O)[C@@H]4C=C(C)[C@@H](O)[C@H]5OC/C(=C\C=C\[C@@H]3C)[C@]54O)C[C@@H]2OC)C[C@@H]1OC. The Hall–Kier alpha value is -2.92. The van der Waals surface area contributed by atoms with Crippen LogP contribution in [-0.4, -0.2) is 160 Å². The Balaban J connectivity index is 1.12. The van der Waals surface area contributed by atoms with Gasteiger partial charge in [-0.05, 0) is 62.8 Å². The molecule has 0 radical (unpaired) electrons. The second-order valence-corrected chi connectivity index (χ2v) is 22.4. The van der Waals surface area contributed by atoms with Crippen molar-refractivity contribution >= 4 is 16.3 Å². The number of esters is 1. The molecule has 0 amide bonds. The minimum absolute atomic E-state index is 0.00453. The Morgan fingerprint density at radius 1 is 0.903 bits per heavy atom. The van der Waals surface area contributed by atoms with E-state index in [0.29, 0.717) is 30.4 Å². The second kappa shape index (κ2) is 24.0. The van der Waals surface area contributed by atoms with Crippen LogP contribution < -0.4 is 0 Å². The van der Waals surface area contributed by atoms with Gasteiger partial charge in [-0.25, -0.2) is 4.18 Å². The highest BCUT2D eigenvalue weighted by Crippen LogP contribution is 2.47. The monoisotopic (exact) mass is 1030 g/mol. The van der Waals surface area contributed by atoms with E-state index < -0.39 is 113 Å². The number of aliphatic hydroxyl groups excluding tert-OH is 1. The summed E-state index contributed by atoms with van der Waals surface area (Å²) >= 11 is 0. The average molecular weight is 1030 g/mol. The molecule has 1 spiro atoms. The molecule has 7 rings (SSSR count). The maximum atomic E-state index is 14.4. The van der Waals surface area contributed by atoms with Crippen molar-refractivity contribution in [2.24, 2.45) is 23.7 Å². The van der Waals surface area contributed by atoms with Gasteiger partial charge < -0.3 is 57.6 Å². The highest BCUT2D eigenvalue weighted by molar-refractivity contribution is 7.84. The first-order valence-electron chi connectivity index (χ1n) is 25.8. The molecule has 0 saturated carbocycles. The largest absolute Gasteiger partial charge is 0.462 e. The fraction of sp³-hybridized carbons (Fsp3) is 0.722. The molecule has 6 heterocycles. The van der Waals surface area contributed by atoms with E-state index in [2.05, 4.69) is 46.1 Å². The predicted molar refractivity (Wildman–Crippen MR) is 267 cm³/mol. The molecule has 1 unspecified atom stereocenters. The van der Waals surface area contributed by atoms with Crippen molar-refractivity contribution in [3.05, 3.63) is 84.6 Å². The highest BCUT2D eigenvalue weighted by Gasteiger charge is 2.60. The lowest BCUT2D eigenvalue weighted by atomic mass is 9.71. The second-order valence-electron chi connectivity index (χ2n) is 20.9. The fourth-order valence-electron chi connectivity index (χ4n) is 11.4. The van der Waals surface area contributed by atoms with Gasteiger partial charge >= 0.3 is 16.3 Å².